The number of hydrogen-bond donors (Lipinski definition) is 3. The van der Waals surface area contributed by atoms with Crippen LogP contribution < -0.4 is 11.1 Å². The summed E-state index contributed by atoms with van der Waals surface area (Å²) < 4.78 is 41.3. The fourth-order valence-electron chi connectivity index (χ4n) is 2.10. The number of allylic oxidation sites excluding steroid dienone is 1. The van der Waals surface area contributed by atoms with Crippen LogP contribution in [0.3, 0.4) is 0 Å². The Labute approximate surface area is 137 Å². The van der Waals surface area contributed by atoms with Crippen LogP contribution in [0.15, 0.2) is 41.0 Å². The lowest BCUT2D eigenvalue weighted by molar-refractivity contribution is 0.590. The van der Waals surface area contributed by atoms with Crippen molar-refractivity contribution < 1.29 is 13.2 Å². The first kappa shape index (κ1) is 17.6. The summed E-state index contributed by atoms with van der Waals surface area (Å²) in [5.74, 6) is -2.40. The number of nitrogens with one attached hydrogen (secondary N) is 2. The van der Waals surface area contributed by atoms with Crippen LogP contribution in [0.5, 0.6) is 0 Å². The molecule has 0 aliphatic rings. The summed E-state index contributed by atoms with van der Waals surface area (Å²) in [6.07, 6.45) is 0.740. The number of rotatable bonds is 6. The molecule has 2 rings (SSSR count). The summed E-state index contributed by atoms with van der Waals surface area (Å²) in [7, 11) is 0. The van der Waals surface area contributed by atoms with Gasteiger partial charge < -0.3 is 11.1 Å². The summed E-state index contributed by atoms with van der Waals surface area (Å²) >= 11 is 0. The van der Waals surface area contributed by atoms with Gasteiger partial charge in [-0.3, -0.25) is 5.10 Å². The van der Waals surface area contributed by atoms with Gasteiger partial charge in [0.25, 0.3) is 0 Å². The molecule has 0 saturated carbocycles. The Bertz CT molecular complexity index is 836. The third-order valence-electron chi connectivity index (χ3n) is 3.24. The SMILES string of the molecule is C=C(N)/C(F)=C(\N=C(/C)c1n[nH]c2c(F)cc(F)cc12)NCCC. The number of nitrogens with zero attached hydrogens (tertiary/aromatic N) is 2. The fraction of sp³-hybridized carbons (Fsp3) is 0.250. The Morgan fingerprint density at radius 2 is 2.12 bits per heavy atom. The van der Waals surface area contributed by atoms with E-state index in [0.717, 1.165) is 18.6 Å². The molecule has 1 aromatic heterocycles. The molecule has 0 fully saturated rings. The lowest BCUT2D eigenvalue weighted by atomic mass is 10.1. The maximum atomic E-state index is 14.1. The average molecular weight is 337 g/mol. The van der Waals surface area contributed by atoms with E-state index in [2.05, 4.69) is 27.1 Å². The second-order valence-electron chi connectivity index (χ2n) is 5.19. The number of hydrogen-bond acceptors (Lipinski definition) is 4. The van der Waals surface area contributed by atoms with Gasteiger partial charge in [0.15, 0.2) is 17.5 Å². The lowest BCUT2D eigenvalue weighted by Crippen LogP contribution is -2.17. The molecule has 128 valence electrons. The summed E-state index contributed by atoms with van der Waals surface area (Å²) in [4.78, 5) is 4.13. The molecule has 0 aliphatic carbocycles. The second-order valence-corrected chi connectivity index (χ2v) is 5.19. The summed E-state index contributed by atoms with van der Waals surface area (Å²) in [5, 5.41) is 9.46. The maximum Gasteiger partial charge on any atom is 0.187 e. The first-order chi connectivity index (χ1) is 11.3. The van der Waals surface area contributed by atoms with E-state index >= 15 is 0 Å². The van der Waals surface area contributed by atoms with Crippen molar-refractivity contribution in [2.45, 2.75) is 20.3 Å². The zero-order chi connectivity index (χ0) is 17.9. The largest absolute Gasteiger partial charge is 0.397 e. The van der Waals surface area contributed by atoms with E-state index in [0.29, 0.717) is 6.54 Å². The molecule has 0 saturated heterocycles. The predicted molar refractivity (Wildman–Crippen MR) is 88.0 cm³/mol. The van der Waals surface area contributed by atoms with Crippen LogP contribution in [0.1, 0.15) is 26.0 Å². The quantitative estimate of drug-likeness (QED) is 0.559. The Morgan fingerprint density at radius 3 is 2.75 bits per heavy atom. The molecule has 0 aliphatic heterocycles. The first-order valence-corrected chi connectivity index (χ1v) is 7.32. The predicted octanol–water partition coefficient (Wildman–Crippen LogP) is 3.26. The molecule has 0 unspecified atom stereocenters. The molecule has 4 N–H and O–H groups in total. The number of fused-ring (bicyclic) bond motifs is 1. The Hall–Kier alpha value is -2.77. The van der Waals surface area contributed by atoms with E-state index < -0.39 is 17.5 Å². The highest BCUT2D eigenvalue weighted by atomic mass is 19.1. The highest BCUT2D eigenvalue weighted by Gasteiger charge is 2.15. The number of aromatic nitrogens is 2. The maximum absolute atomic E-state index is 14.1. The molecular weight excluding hydrogens is 319 g/mol. The number of aliphatic imine (C=N–C) groups is 1. The zero-order valence-corrected chi connectivity index (χ0v) is 13.4. The smallest absolute Gasteiger partial charge is 0.187 e. The molecule has 1 aromatic carbocycles. The van der Waals surface area contributed by atoms with Crippen molar-refractivity contribution in [3.05, 3.63) is 53.4 Å². The minimum atomic E-state index is -0.792. The van der Waals surface area contributed by atoms with Crippen LogP contribution in [0.25, 0.3) is 10.9 Å². The number of benzene rings is 1. The lowest BCUT2D eigenvalue weighted by Gasteiger charge is -2.08. The minimum absolute atomic E-state index is 0.0525. The van der Waals surface area contributed by atoms with E-state index in [1.54, 1.807) is 6.92 Å². The molecule has 5 nitrogen and oxygen atoms in total. The van der Waals surface area contributed by atoms with E-state index in [-0.39, 0.29) is 33.8 Å². The molecule has 0 spiro atoms. The third-order valence-corrected chi connectivity index (χ3v) is 3.24. The van der Waals surface area contributed by atoms with Gasteiger partial charge in [0.1, 0.15) is 17.0 Å². The van der Waals surface area contributed by atoms with Crippen LogP contribution >= 0.6 is 0 Å². The van der Waals surface area contributed by atoms with E-state index in [1.165, 1.54) is 0 Å². The van der Waals surface area contributed by atoms with Crippen molar-refractivity contribution in [1.82, 2.24) is 15.5 Å². The van der Waals surface area contributed by atoms with E-state index in [4.69, 9.17) is 5.73 Å². The summed E-state index contributed by atoms with van der Waals surface area (Å²) in [6, 6.07) is 1.89. The van der Waals surface area contributed by atoms with Gasteiger partial charge in [-0.25, -0.2) is 18.2 Å². The van der Waals surface area contributed by atoms with Crippen LogP contribution in [0, 0.1) is 11.6 Å². The number of halogens is 3. The molecule has 0 radical (unpaired) electrons. The van der Waals surface area contributed by atoms with Gasteiger partial charge in [0.05, 0.1) is 11.4 Å². The third kappa shape index (κ3) is 3.58. The Morgan fingerprint density at radius 1 is 1.42 bits per heavy atom. The monoisotopic (exact) mass is 337 g/mol. The molecular formula is C16H18F3N5. The zero-order valence-electron chi connectivity index (χ0n) is 13.4. The average Bonchev–Trinajstić information content (AvgIpc) is 2.94. The van der Waals surface area contributed by atoms with Gasteiger partial charge in [-0.2, -0.15) is 5.10 Å². The molecule has 0 amide bonds. The van der Waals surface area contributed by atoms with Gasteiger partial charge in [0, 0.05) is 18.0 Å². The normalized spacial score (nSPS) is 13.1. The fourth-order valence-corrected chi connectivity index (χ4v) is 2.10. The van der Waals surface area contributed by atoms with Gasteiger partial charge in [-0.15, -0.1) is 0 Å². The van der Waals surface area contributed by atoms with Crippen LogP contribution in [0.4, 0.5) is 13.2 Å². The second kappa shape index (κ2) is 7.20. The van der Waals surface area contributed by atoms with Gasteiger partial charge in [-0.05, 0) is 19.4 Å². The van der Waals surface area contributed by atoms with Crippen LogP contribution in [0.2, 0.25) is 0 Å². The summed E-state index contributed by atoms with van der Waals surface area (Å²) in [6.45, 7) is 7.27. The molecule has 8 heteroatoms. The van der Waals surface area contributed by atoms with Crippen molar-refractivity contribution in [2.24, 2.45) is 10.7 Å². The van der Waals surface area contributed by atoms with Crippen LogP contribution in [-0.4, -0.2) is 22.5 Å². The molecule has 0 atom stereocenters. The van der Waals surface area contributed by atoms with Crippen LogP contribution in [-0.2, 0) is 0 Å². The Balaban J connectivity index is 2.52. The number of H-pyrrole nitrogens is 1. The number of aromatic amines is 1. The standard InChI is InChI=1S/C16H18F3N5/c1-4-5-21-16(13(19)8(2)20)22-9(3)14-11-6-10(17)7-12(18)15(11)24-23-14/h6-7,21H,2,4-5,20H2,1,3H3,(H,23,24)/b16-13+,22-9+. The van der Waals surface area contributed by atoms with Gasteiger partial charge >= 0.3 is 0 Å². The molecule has 2 aromatic rings. The first-order valence-electron chi connectivity index (χ1n) is 7.32. The van der Waals surface area contributed by atoms with Crippen molar-refractivity contribution in [2.75, 3.05) is 6.54 Å². The molecule has 1 heterocycles. The topological polar surface area (TPSA) is 79.1 Å². The number of nitrogens with two attached hydrogens (primary N) is 1. The molecule has 24 heavy (non-hydrogen) atoms. The highest BCUT2D eigenvalue weighted by molar-refractivity contribution is 6.08. The van der Waals surface area contributed by atoms with Crippen molar-refractivity contribution in [1.29, 1.82) is 0 Å². The molecule has 0 bridgehead atoms. The minimum Gasteiger partial charge on any atom is -0.397 e. The van der Waals surface area contributed by atoms with Gasteiger partial charge in [-0.1, -0.05) is 13.5 Å². The van der Waals surface area contributed by atoms with Crippen molar-refractivity contribution in [3.8, 4) is 0 Å². The van der Waals surface area contributed by atoms with E-state index in [9.17, 15) is 13.2 Å². The summed E-state index contributed by atoms with van der Waals surface area (Å²) in [5.41, 5.74) is 5.64. The van der Waals surface area contributed by atoms with Crippen molar-refractivity contribution in [3.63, 3.8) is 0 Å². The van der Waals surface area contributed by atoms with E-state index in [1.807, 2.05) is 6.92 Å². The van der Waals surface area contributed by atoms with Gasteiger partial charge in [0.2, 0.25) is 0 Å². The highest BCUT2D eigenvalue weighted by Crippen LogP contribution is 2.22. The Kier molecular flexibility index (Phi) is 5.28. The van der Waals surface area contributed by atoms with Crippen molar-refractivity contribution >= 4 is 16.6 Å².